The van der Waals surface area contributed by atoms with Crippen molar-refractivity contribution in [3.05, 3.63) is 59.7 Å². The molecule has 0 unspecified atom stereocenters. The number of hydrogen-bond acceptors (Lipinski definition) is 3. The molecule has 1 N–H and O–H groups in total. The molecule has 0 saturated carbocycles. The molecule has 0 aliphatic carbocycles. The van der Waals surface area contributed by atoms with Gasteiger partial charge in [-0.1, -0.05) is 30.3 Å². The average Bonchev–Trinajstić information content (AvgIpc) is 2.48. The van der Waals surface area contributed by atoms with Crippen LogP contribution in [0.25, 0.3) is 0 Å². The van der Waals surface area contributed by atoms with Gasteiger partial charge in [-0.3, -0.25) is 0 Å². The quantitative estimate of drug-likeness (QED) is 0.876. The minimum absolute atomic E-state index is 0.317. The fourth-order valence-corrected chi connectivity index (χ4v) is 2.15. The molecular formula is C17H21NO2. The predicted octanol–water partition coefficient (Wildman–Crippen LogP) is 3.08. The number of rotatable bonds is 6. The Bertz CT molecular complexity index is 540. The molecule has 0 heterocycles. The van der Waals surface area contributed by atoms with Gasteiger partial charge in [-0.15, -0.1) is 0 Å². The van der Waals surface area contributed by atoms with Gasteiger partial charge in [-0.2, -0.15) is 0 Å². The summed E-state index contributed by atoms with van der Waals surface area (Å²) in [6.07, 6.45) is 1.00. The van der Waals surface area contributed by atoms with Crippen molar-refractivity contribution in [2.75, 3.05) is 20.7 Å². The van der Waals surface area contributed by atoms with E-state index in [0.717, 1.165) is 24.3 Å². The normalized spacial score (nSPS) is 10.8. The Morgan fingerprint density at radius 3 is 2.55 bits per heavy atom. The highest BCUT2D eigenvalue weighted by Gasteiger charge is 2.07. The van der Waals surface area contributed by atoms with E-state index < -0.39 is 0 Å². The van der Waals surface area contributed by atoms with Crippen molar-refractivity contribution in [3.63, 3.8) is 0 Å². The van der Waals surface area contributed by atoms with E-state index >= 15 is 0 Å². The highest BCUT2D eigenvalue weighted by atomic mass is 16.5. The third-order valence-electron chi connectivity index (χ3n) is 3.35. The molecule has 20 heavy (non-hydrogen) atoms. The first-order valence-electron chi connectivity index (χ1n) is 6.77. The Morgan fingerprint density at radius 1 is 1.10 bits per heavy atom. The summed E-state index contributed by atoms with van der Waals surface area (Å²) in [6.45, 7) is 1.65. The van der Waals surface area contributed by atoms with E-state index in [1.165, 1.54) is 5.56 Å². The van der Waals surface area contributed by atoms with Gasteiger partial charge in [0.1, 0.15) is 11.5 Å². The molecule has 0 aliphatic heterocycles. The number of methoxy groups -OCH3 is 1. The van der Waals surface area contributed by atoms with Gasteiger partial charge in [0, 0.05) is 18.7 Å². The maximum absolute atomic E-state index is 9.88. The molecule has 0 atom stereocenters. The second-order valence-electron chi connectivity index (χ2n) is 4.97. The van der Waals surface area contributed by atoms with Crippen LogP contribution in [-0.4, -0.2) is 30.7 Å². The van der Waals surface area contributed by atoms with Crippen molar-refractivity contribution in [2.45, 2.75) is 13.0 Å². The minimum Gasteiger partial charge on any atom is -0.508 e. The summed E-state index contributed by atoms with van der Waals surface area (Å²) in [6, 6.07) is 15.7. The van der Waals surface area contributed by atoms with E-state index in [1.807, 2.05) is 12.1 Å². The predicted molar refractivity (Wildman–Crippen MR) is 81.1 cm³/mol. The van der Waals surface area contributed by atoms with Gasteiger partial charge in [0.25, 0.3) is 0 Å². The van der Waals surface area contributed by atoms with Crippen molar-refractivity contribution in [1.82, 2.24) is 4.90 Å². The number of likely N-dealkylation sites (N-methyl/N-ethyl adjacent to an activating group) is 1. The molecule has 0 fully saturated rings. The first-order valence-corrected chi connectivity index (χ1v) is 6.77. The maximum atomic E-state index is 9.88. The lowest BCUT2D eigenvalue weighted by Crippen LogP contribution is -2.20. The van der Waals surface area contributed by atoms with Crippen LogP contribution in [0, 0.1) is 0 Å². The van der Waals surface area contributed by atoms with Crippen molar-refractivity contribution in [3.8, 4) is 11.5 Å². The van der Waals surface area contributed by atoms with Gasteiger partial charge in [0.15, 0.2) is 0 Å². The lowest BCUT2D eigenvalue weighted by Gasteiger charge is -2.18. The summed E-state index contributed by atoms with van der Waals surface area (Å²) in [5, 5.41) is 9.88. The molecule has 0 spiro atoms. The van der Waals surface area contributed by atoms with Crippen LogP contribution >= 0.6 is 0 Å². The van der Waals surface area contributed by atoms with Gasteiger partial charge in [0.05, 0.1) is 7.11 Å². The summed E-state index contributed by atoms with van der Waals surface area (Å²) < 4.78 is 5.19. The van der Waals surface area contributed by atoms with Crippen LogP contribution in [0.15, 0.2) is 48.5 Å². The van der Waals surface area contributed by atoms with Crippen LogP contribution in [0.4, 0.5) is 0 Å². The van der Waals surface area contributed by atoms with Crippen LogP contribution < -0.4 is 4.74 Å². The van der Waals surface area contributed by atoms with E-state index in [-0.39, 0.29) is 0 Å². The maximum Gasteiger partial charge on any atom is 0.120 e. The van der Waals surface area contributed by atoms with Crippen LogP contribution in [0.3, 0.4) is 0 Å². The molecule has 2 rings (SSSR count). The van der Waals surface area contributed by atoms with Gasteiger partial charge >= 0.3 is 0 Å². The third kappa shape index (κ3) is 4.00. The zero-order valence-electron chi connectivity index (χ0n) is 12.0. The Kier molecular flexibility index (Phi) is 5.02. The van der Waals surface area contributed by atoms with Gasteiger partial charge < -0.3 is 14.7 Å². The van der Waals surface area contributed by atoms with E-state index in [1.54, 1.807) is 19.2 Å². The lowest BCUT2D eigenvalue weighted by atomic mass is 10.1. The molecule has 3 nitrogen and oxygen atoms in total. The SMILES string of the molecule is COc1ccc(O)c(CN(C)CCc2ccccc2)c1. The monoisotopic (exact) mass is 271 g/mol. The molecule has 0 radical (unpaired) electrons. The molecule has 0 amide bonds. The molecule has 0 aliphatic rings. The van der Waals surface area contributed by atoms with E-state index in [2.05, 4.69) is 36.2 Å². The van der Waals surface area contributed by atoms with Crippen LogP contribution in [0.1, 0.15) is 11.1 Å². The second-order valence-corrected chi connectivity index (χ2v) is 4.97. The first kappa shape index (κ1) is 14.4. The number of aromatic hydroxyl groups is 1. The second kappa shape index (κ2) is 6.96. The highest BCUT2D eigenvalue weighted by Crippen LogP contribution is 2.23. The molecule has 2 aromatic rings. The number of hydrogen-bond donors (Lipinski definition) is 1. The summed E-state index contributed by atoms with van der Waals surface area (Å²) in [5.41, 5.74) is 2.22. The fraction of sp³-hybridized carbons (Fsp3) is 0.294. The summed E-state index contributed by atoms with van der Waals surface area (Å²) in [7, 11) is 3.69. The van der Waals surface area contributed by atoms with E-state index in [0.29, 0.717) is 12.3 Å². The summed E-state index contributed by atoms with van der Waals surface area (Å²) >= 11 is 0. The fourth-order valence-electron chi connectivity index (χ4n) is 2.15. The number of benzene rings is 2. The van der Waals surface area contributed by atoms with Crippen LogP contribution in [-0.2, 0) is 13.0 Å². The Morgan fingerprint density at radius 2 is 1.85 bits per heavy atom. The molecule has 0 bridgehead atoms. The Labute approximate surface area is 120 Å². The number of phenolic OH excluding ortho intramolecular Hbond substituents is 1. The minimum atomic E-state index is 0.317. The van der Waals surface area contributed by atoms with Crippen LogP contribution in [0.2, 0.25) is 0 Å². The van der Waals surface area contributed by atoms with Gasteiger partial charge in [0.2, 0.25) is 0 Å². The largest absolute Gasteiger partial charge is 0.508 e. The molecular weight excluding hydrogens is 250 g/mol. The van der Waals surface area contributed by atoms with Crippen molar-refractivity contribution in [1.29, 1.82) is 0 Å². The number of phenols is 1. The standard InChI is InChI=1S/C17H21NO2/c1-18(11-10-14-6-4-3-5-7-14)13-15-12-16(20-2)8-9-17(15)19/h3-9,12,19H,10-11,13H2,1-2H3. The number of ether oxygens (including phenoxy) is 1. The van der Waals surface area contributed by atoms with Gasteiger partial charge in [-0.05, 0) is 37.2 Å². The molecule has 2 aromatic carbocycles. The zero-order chi connectivity index (χ0) is 14.4. The Hall–Kier alpha value is -2.00. The van der Waals surface area contributed by atoms with Gasteiger partial charge in [-0.25, -0.2) is 0 Å². The van der Waals surface area contributed by atoms with E-state index in [4.69, 9.17) is 4.74 Å². The first-order chi connectivity index (χ1) is 9.69. The highest BCUT2D eigenvalue weighted by molar-refractivity contribution is 5.39. The molecule has 3 heteroatoms. The molecule has 0 saturated heterocycles. The van der Waals surface area contributed by atoms with Crippen molar-refractivity contribution < 1.29 is 9.84 Å². The van der Waals surface area contributed by atoms with E-state index in [9.17, 15) is 5.11 Å². The van der Waals surface area contributed by atoms with Crippen molar-refractivity contribution in [2.24, 2.45) is 0 Å². The topological polar surface area (TPSA) is 32.7 Å². The molecule has 0 aromatic heterocycles. The summed E-state index contributed by atoms with van der Waals surface area (Å²) in [4.78, 5) is 2.20. The van der Waals surface area contributed by atoms with Crippen LogP contribution in [0.5, 0.6) is 11.5 Å². The Balaban J connectivity index is 1.92. The van der Waals surface area contributed by atoms with Crippen molar-refractivity contribution >= 4 is 0 Å². The zero-order valence-corrected chi connectivity index (χ0v) is 12.0. The molecule has 106 valence electrons. The number of nitrogens with zero attached hydrogens (tertiary/aromatic N) is 1. The average molecular weight is 271 g/mol. The third-order valence-corrected chi connectivity index (χ3v) is 3.35. The summed E-state index contributed by atoms with van der Waals surface area (Å²) in [5.74, 6) is 1.09. The smallest absolute Gasteiger partial charge is 0.120 e. The lowest BCUT2D eigenvalue weighted by molar-refractivity contribution is 0.322.